The maximum atomic E-state index is 12.6. The van der Waals surface area contributed by atoms with Crippen molar-refractivity contribution in [3.8, 4) is 11.5 Å². The van der Waals surface area contributed by atoms with Crippen molar-refractivity contribution in [3.05, 3.63) is 55.5 Å². The van der Waals surface area contributed by atoms with Crippen LogP contribution in [0.1, 0.15) is 35.1 Å². The van der Waals surface area contributed by atoms with Gasteiger partial charge in [0, 0.05) is 15.5 Å². The third-order valence-electron chi connectivity index (χ3n) is 6.40. The van der Waals surface area contributed by atoms with Gasteiger partial charge in [0.2, 0.25) is 5.91 Å². The molecule has 0 radical (unpaired) electrons. The van der Waals surface area contributed by atoms with Crippen LogP contribution >= 0.6 is 31.9 Å². The molecular weight excluding hydrogens is 648 g/mol. The van der Waals surface area contributed by atoms with Crippen LogP contribution < -0.4 is 9.47 Å². The summed E-state index contributed by atoms with van der Waals surface area (Å²) >= 11 is 6.97. The third kappa shape index (κ3) is 9.35. The van der Waals surface area contributed by atoms with E-state index in [1.54, 1.807) is 4.90 Å². The molecule has 11 heteroatoms. The highest BCUT2D eigenvalue weighted by molar-refractivity contribution is 9.10. The number of ether oxygens (including phenoxy) is 2. The van der Waals surface area contributed by atoms with Crippen molar-refractivity contribution in [2.24, 2.45) is 0 Å². The van der Waals surface area contributed by atoms with Crippen molar-refractivity contribution >= 4 is 37.8 Å². The number of carbonyl (C=O) groups excluding carboxylic acids is 1. The normalized spacial score (nSPS) is 17.4. The lowest BCUT2D eigenvalue weighted by Gasteiger charge is -2.38. The number of hydrogen-bond acceptors (Lipinski definition) is 4. The third-order valence-corrected chi connectivity index (χ3v) is 8.90. The molecule has 4 rings (SSSR count). The molecule has 2 aromatic carbocycles. The summed E-state index contributed by atoms with van der Waals surface area (Å²) in [6.07, 6.45) is 0.883. The van der Waals surface area contributed by atoms with E-state index in [2.05, 4.69) is 31.9 Å². The van der Waals surface area contributed by atoms with Gasteiger partial charge in [-0.3, -0.25) is 9.69 Å². The molecule has 2 fully saturated rings. The van der Waals surface area contributed by atoms with Crippen LogP contribution in [0.15, 0.2) is 33.2 Å². The first kappa shape index (κ1) is 31.7. The monoisotopic (exact) mass is 680 g/mol. The Kier molecular flexibility index (Phi) is 10.7. The largest absolute Gasteiger partial charge is 0.494 e. The molecule has 0 saturated carbocycles. The summed E-state index contributed by atoms with van der Waals surface area (Å²) in [5.74, 6) is -3.95. The molecule has 2 aliphatic rings. The molecule has 0 aromatic heterocycles. The van der Waals surface area contributed by atoms with Crippen molar-refractivity contribution in [2.45, 2.75) is 52.4 Å². The van der Waals surface area contributed by atoms with Crippen LogP contribution in [-0.4, -0.2) is 73.5 Å². The van der Waals surface area contributed by atoms with Gasteiger partial charge in [-0.25, -0.2) is 17.6 Å². The predicted octanol–water partition coefficient (Wildman–Crippen LogP) is 7.10. The minimum absolute atomic E-state index is 0.108. The van der Waals surface area contributed by atoms with E-state index in [9.17, 15) is 22.4 Å². The number of carbonyl (C=O) groups is 1. The zero-order valence-corrected chi connectivity index (χ0v) is 25.7. The number of likely N-dealkylation sites (tertiary alicyclic amines) is 2. The molecule has 0 N–H and O–H groups in total. The summed E-state index contributed by atoms with van der Waals surface area (Å²) in [7, 11) is 0. The molecular formula is C28H34Br2F4N2O3. The number of halogens is 6. The van der Waals surface area contributed by atoms with Gasteiger partial charge in [-0.05, 0) is 80.6 Å². The fraction of sp³-hybridized carbons (Fsp3) is 0.536. The second-order valence-electron chi connectivity index (χ2n) is 10.2. The molecule has 0 spiro atoms. The van der Waals surface area contributed by atoms with Gasteiger partial charge in [0.15, 0.2) is 0 Å². The number of hydrogen-bond donors (Lipinski definition) is 0. The topological polar surface area (TPSA) is 42.0 Å². The van der Waals surface area contributed by atoms with E-state index in [1.165, 1.54) is 0 Å². The first-order chi connectivity index (χ1) is 18.2. The first-order valence-corrected chi connectivity index (χ1v) is 14.3. The first-order valence-electron chi connectivity index (χ1n) is 12.7. The number of rotatable bonds is 9. The fourth-order valence-electron chi connectivity index (χ4n) is 4.33. The van der Waals surface area contributed by atoms with E-state index < -0.39 is 24.9 Å². The van der Waals surface area contributed by atoms with Crippen molar-refractivity contribution in [1.82, 2.24) is 9.80 Å². The van der Waals surface area contributed by atoms with Crippen LogP contribution in [0, 0.1) is 27.7 Å². The molecule has 2 saturated heterocycles. The Morgan fingerprint density at radius 1 is 0.769 bits per heavy atom. The Hall–Kier alpha value is -1.85. The van der Waals surface area contributed by atoms with Gasteiger partial charge < -0.3 is 14.4 Å². The zero-order chi connectivity index (χ0) is 29.0. The summed E-state index contributed by atoms with van der Waals surface area (Å²) in [4.78, 5) is 14.5. The highest BCUT2D eigenvalue weighted by Gasteiger charge is 2.46. The summed E-state index contributed by atoms with van der Waals surface area (Å²) < 4.78 is 63.8. The predicted molar refractivity (Wildman–Crippen MR) is 150 cm³/mol. The zero-order valence-electron chi connectivity index (χ0n) is 22.6. The number of nitrogens with zero attached hydrogens (tertiary/aromatic N) is 2. The fourth-order valence-corrected chi connectivity index (χ4v) is 4.78. The van der Waals surface area contributed by atoms with Crippen molar-refractivity contribution in [2.75, 3.05) is 45.9 Å². The summed E-state index contributed by atoms with van der Waals surface area (Å²) in [5, 5.41) is 0. The standard InChI is InChI=1S/C14H16BrF2NO2.C14H18BrF2NO/c1-9-5-11(6-10(2)13(9)15)20-4-3-12(19)18-7-14(16,17)8-18;1-10-6-12(7-11(2)13(10)15)19-5-3-4-18-8-14(16,17)9-18/h5-6H,3-4,7-8H2,1-2H3;6-7H,3-5,8-9H2,1-2H3. The molecule has 2 aromatic rings. The summed E-state index contributed by atoms with van der Waals surface area (Å²) in [5.41, 5.74) is 4.37. The smallest absolute Gasteiger partial charge is 0.282 e. The minimum atomic E-state index is -2.71. The number of aryl methyl sites for hydroxylation is 4. The average molecular weight is 682 g/mol. The van der Waals surface area contributed by atoms with E-state index >= 15 is 0 Å². The van der Waals surface area contributed by atoms with Crippen molar-refractivity contribution < 1.29 is 31.8 Å². The molecule has 5 nitrogen and oxygen atoms in total. The summed E-state index contributed by atoms with van der Waals surface area (Å²) in [6.45, 7) is 8.22. The molecule has 2 aliphatic heterocycles. The Morgan fingerprint density at radius 3 is 1.59 bits per heavy atom. The van der Waals surface area contributed by atoms with E-state index in [0.717, 1.165) is 48.3 Å². The van der Waals surface area contributed by atoms with Gasteiger partial charge in [0.1, 0.15) is 11.5 Å². The molecule has 1 amide bonds. The van der Waals surface area contributed by atoms with Crippen molar-refractivity contribution in [1.29, 1.82) is 0 Å². The maximum Gasteiger partial charge on any atom is 0.282 e. The minimum Gasteiger partial charge on any atom is -0.494 e. The highest BCUT2D eigenvalue weighted by Crippen LogP contribution is 2.29. The molecule has 0 atom stereocenters. The average Bonchev–Trinajstić information content (AvgIpc) is 2.81. The molecule has 216 valence electrons. The molecule has 39 heavy (non-hydrogen) atoms. The van der Waals surface area contributed by atoms with Crippen LogP contribution in [0.4, 0.5) is 17.6 Å². The lowest BCUT2D eigenvalue weighted by molar-refractivity contribution is -0.166. The van der Waals surface area contributed by atoms with Gasteiger partial charge >= 0.3 is 0 Å². The second-order valence-corrected chi connectivity index (χ2v) is 11.8. The van der Waals surface area contributed by atoms with Gasteiger partial charge in [-0.2, -0.15) is 0 Å². The number of alkyl halides is 4. The van der Waals surface area contributed by atoms with Crippen LogP contribution in [0.5, 0.6) is 11.5 Å². The number of benzene rings is 2. The molecule has 0 unspecified atom stereocenters. The van der Waals surface area contributed by atoms with E-state index in [1.807, 2.05) is 52.0 Å². The van der Waals surface area contributed by atoms with Gasteiger partial charge in [-0.15, -0.1) is 0 Å². The molecule has 2 heterocycles. The Bertz CT molecular complexity index is 1120. The van der Waals surface area contributed by atoms with E-state index in [-0.39, 0.29) is 32.0 Å². The van der Waals surface area contributed by atoms with Crippen LogP contribution in [-0.2, 0) is 4.79 Å². The van der Waals surface area contributed by atoms with E-state index in [0.29, 0.717) is 18.9 Å². The highest BCUT2D eigenvalue weighted by atomic mass is 79.9. The second kappa shape index (κ2) is 13.2. The van der Waals surface area contributed by atoms with Gasteiger partial charge in [0.25, 0.3) is 11.8 Å². The van der Waals surface area contributed by atoms with Gasteiger partial charge in [-0.1, -0.05) is 31.9 Å². The van der Waals surface area contributed by atoms with Crippen molar-refractivity contribution in [3.63, 3.8) is 0 Å². The maximum absolute atomic E-state index is 12.6. The van der Waals surface area contributed by atoms with Crippen LogP contribution in [0.2, 0.25) is 0 Å². The van der Waals surface area contributed by atoms with Gasteiger partial charge in [0.05, 0.1) is 45.8 Å². The quantitative estimate of drug-likeness (QED) is 0.209. The van der Waals surface area contributed by atoms with Crippen LogP contribution in [0.25, 0.3) is 0 Å². The Labute approximate surface area is 244 Å². The van der Waals surface area contributed by atoms with E-state index in [4.69, 9.17) is 9.47 Å². The molecule has 0 aliphatic carbocycles. The lowest BCUT2D eigenvalue weighted by atomic mass is 10.1. The SMILES string of the molecule is Cc1cc(OCCC(=O)N2CC(F)(F)C2)cc(C)c1Br.Cc1cc(OCCCN2CC(F)(F)C2)cc(C)c1Br. The Balaban J connectivity index is 0.000000216. The molecule has 0 bridgehead atoms. The Morgan fingerprint density at radius 2 is 1.18 bits per heavy atom. The lowest BCUT2D eigenvalue weighted by Crippen LogP contribution is -2.58. The van der Waals surface area contributed by atoms with Crippen LogP contribution in [0.3, 0.4) is 0 Å². The summed E-state index contributed by atoms with van der Waals surface area (Å²) in [6, 6.07) is 7.71. The number of amides is 1.